The van der Waals surface area contributed by atoms with Gasteiger partial charge in [-0.05, 0) is 31.9 Å². The molecule has 0 radical (unpaired) electrons. The van der Waals surface area contributed by atoms with Crippen molar-refractivity contribution in [1.29, 1.82) is 0 Å². The molecule has 1 atom stereocenters. The predicted octanol–water partition coefficient (Wildman–Crippen LogP) is 2.53. The van der Waals surface area contributed by atoms with Crippen LogP contribution in [0.5, 0.6) is 0 Å². The van der Waals surface area contributed by atoms with Gasteiger partial charge in [-0.15, -0.1) is 0 Å². The maximum atomic E-state index is 5.50. The Bertz CT molecular complexity index is 475. The van der Waals surface area contributed by atoms with E-state index in [1.165, 1.54) is 24.2 Å². The summed E-state index contributed by atoms with van der Waals surface area (Å²) < 4.78 is 7.62. The van der Waals surface area contributed by atoms with Gasteiger partial charge >= 0.3 is 0 Å². The van der Waals surface area contributed by atoms with Gasteiger partial charge in [0.2, 0.25) is 0 Å². The monoisotopic (exact) mass is 245 g/mol. The Morgan fingerprint density at radius 2 is 2.50 bits per heavy atom. The van der Waals surface area contributed by atoms with Crippen LogP contribution in [0, 0.1) is 0 Å². The molecule has 0 aliphatic heterocycles. The smallest absolute Gasteiger partial charge is 0.108 e. The molecule has 18 heavy (non-hydrogen) atoms. The van der Waals surface area contributed by atoms with Crippen LogP contribution in [0.4, 0.5) is 0 Å². The minimum absolute atomic E-state index is 0.482. The highest BCUT2D eigenvalue weighted by Gasteiger charge is 2.21. The lowest BCUT2D eigenvalue weighted by atomic mass is 9.93. The maximum absolute atomic E-state index is 5.50. The van der Waals surface area contributed by atoms with E-state index in [2.05, 4.69) is 20.9 Å². The van der Waals surface area contributed by atoms with Crippen molar-refractivity contribution < 1.29 is 4.42 Å². The van der Waals surface area contributed by atoms with Crippen LogP contribution in [-0.2, 0) is 13.0 Å². The average Bonchev–Trinajstić information content (AvgIpc) is 3.05. The average molecular weight is 245 g/mol. The van der Waals surface area contributed by atoms with Gasteiger partial charge in [-0.1, -0.05) is 0 Å². The van der Waals surface area contributed by atoms with Gasteiger partial charge in [-0.2, -0.15) is 0 Å². The molecule has 0 spiro atoms. The van der Waals surface area contributed by atoms with Crippen molar-refractivity contribution in [3.05, 3.63) is 42.4 Å². The number of aromatic nitrogens is 2. The first-order valence-electron chi connectivity index (χ1n) is 6.69. The predicted molar refractivity (Wildman–Crippen MR) is 69.2 cm³/mol. The van der Waals surface area contributed by atoms with Gasteiger partial charge in [-0.3, -0.25) is 0 Å². The lowest BCUT2D eigenvalue weighted by molar-refractivity contribution is 0.406. The van der Waals surface area contributed by atoms with Crippen molar-refractivity contribution in [2.24, 2.45) is 0 Å². The van der Waals surface area contributed by atoms with Crippen LogP contribution in [0.1, 0.15) is 36.6 Å². The Labute approximate surface area is 107 Å². The summed E-state index contributed by atoms with van der Waals surface area (Å²) in [4.78, 5) is 4.04. The SMILES string of the molecule is c1cn(CCCNC2CCCc3occc32)cn1. The van der Waals surface area contributed by atoms with E-state index >= 15 is 0 Å². The highest BCUT2D eigenvalue weighted by Crippen LogP contribution is 2.30. The first-order chi connectivity index (χ1) is 8.93. The summed E-state index contributed by atoms with van der Waals surface area (Å²) in [5, 5.41) is 3.63. The largest absolute Gasteiger partial charge is 0.469 e. The van der Waals surface area contributed by atoms with Crippen LogP contribution in [0.2, 0.25) is 0 Å². The molecule has 0 fully saturated rings. The van der Waals surface area contributed by atoms with E-state index in [0.717, 1.165) is 25.9 Å². The van der Waals surface area contributed by atoms with Crippen LogP contribution < -0.4 is 5.32 Å². The highest BCUT2D eigenvalue weighted by molar-refractivity contribution is 5.23. The lowest BCUT2D eigenvalue weighted by Gasteiger charge is -2.22. The van der Waals surface area contributed by atoms with Crippen LogP contribution >= 0.6 is 0 Å². The molecule has 0 saturated carbocycles. The van der Waals surface area contributed by atoms with Crippen LogP contribution in [-0.4, -0.2) is 16.1 Å². The summed E-state index contributed by atoms with van der Waals surface area (Å²) in [7, 11) is 0. The first kappa shape index (κ1) is 11.5. The van der Waals surface area contributed by atoms with Gasteiger partial charge in [0.15, 0.2) is 0 Å². The second kappa shape index (κ2) is 5.40. The molecule has 1 N–H and O–H groups in total. The maximum Gasteiger partial charge on any atom is 0.108 e. The van der Waals surface area contributed by atoms with E-state index in [0.29, 0.717) is 6.04 Å². The number of imidazole rings is 1. The standard InChI is InChI=1S/C14H19N3O/c1-3-13(12-5-10-18-14(12)4-1)16-6-2-8-17-9-7-15-11-17/h5,7,9-11,13,16H,1-4,6,8H2. The van der Waals surface area contributed by atoms with E-state index < -0.39 is 0 Å². The molecule has 0 bridgehead atoms. The Kier molecular flexibility index (Phi) is 3.46. The van der Waals surface area contributed by atoms with Crippen LogP contribution in [0.15, 0.2) is 35.5 Å². The Morgan fingerprint density at radius 3 is 3.39 bits per heavy atom. The Morgan fingerprint density at radius 1 is 1.50 bits per heavy atom. The summed E-state index contributed by atoms with van der Waals surface area (Å²) in [6.07, 6.45) is 12.2. The molecular weight excluding hydrogens is 226 g/mol. The number of rotatable bonds is 5. The molecule has 2 aromatic rings. The van der Waals surface area contributed by atoms with Crippen molar-refractivity contribution in [3.63, 3.8) is 0 Å². The third kappa shape index (κ3) is 2.48. The molecule has 2 heterocycles. The van der Waals surface area contributed by atoms with Gasteiger partial charge in [-0.25, -0.2) is 4.98 Å². The lowest BCUT2D eigenvalue weighted by Crippen LogP contribution is -2.25. The molecular formula is C14H19N3O. The van der Waals surface area contributed by atoms with Crippen molar-refractivity contribution in [2.45, 2.75) is 38.3 Å². The zero-order chi connectivity index (χ0) is 12.2. The van der Waals surface area contributed by atoms with E-state index in [1.807, 2.05) is 25.0 Å². The quantitative estimate of drug-likeness (QED) is 0.823. The fraction of sp³-hybridized carbons (Fsp3) is 0.500. The van der Waals surface area contributed by atoms with Gasteiger partial charge in [0.25, 0.3) is 0 Å². The minimum atomic E-state index is 0.482. The van der Waals surface area contributed by atoms with Crippen molar-refractivity contribution in [3.8, 4) is 0 Å². The van der Waals surface area contributed by atoms with Crippen molar-refractivity contribution in [1.82, 2.24) is 14.9 Å². The topological polar surface area (TPSA) is 43.0 Å². The number of furan rings is 1. The minimum Gasteiger partial charge on any atom is -0.469 e. The number of nitrogens with one attached hydrogen (secondary N) is 1. The Balaban J connectivity index is 1.47. The van der Waals surface area contributed by atoms with Crippen molar-refractivity contribution >= 4 is 0 Å². The van der Waals surface area contributed by atoms with Gasteiger partial charge in [0, 0.05) is 37.0 Å². The normalized spacial score (nSPS) is 18.8. The summed E-state index contributed by atoms with van der Waals surface area (Å²) in [6.45, 7) is 2.06. The molecule has 2 aromatic heterocycles. The van der Waals surface area contributed by atoms with Gasteiger partial charge < -0.3 is 14.3 Å². The molecule has 1 unspecified atom stereocenters. The first-order valence-corrected chi connectivity index (χ1v) is 6.69. The zero-order valence-electron chi connectivity index (χ0n) is 10.5. The molecule has 4 heteroatoms. The number of hydrogen-bond acceptors (Lipinski definition) is 3. The summed E-state index contributed by atoms with van der Waals surface area (Å²) >= 11 is 0. The number of fused-ring (bicyclic) bond motifs is 1. The third-order valence-electron chi connectivity index (χ3n) is 3.59. The number of hydrogen-bond donors (Lipinski definition) is 1. The molecule has 1 aliphatic rings. The van der Waals surface area contributed by atoms with Crippen molar-refractivity contribution in [2.75, 3.05) is 6.54 Å². The summed E-state index contributed by atoms with van der Waals surface area (Å²) in [5.74, 6) is 1.17. The van der Waals surface area contributed by atoms with E-state index in [4.69, 9.17) is 4.42 Å². The van der Waals surface area contributed by atoms with Crippen LogP contribution in [0.3, 0.4) is 0 Å². The zero-order valence-corrected chi connectivity index (χ0v) is 10.5. The number of aryl methyl sites for hydroxylation is 2. The molecule has 96 valence electrons. The molecule has 3 rings (SSSR count). The summed E-state index contributed by atoms with van der Waals surface area (Å²) in [6, 6.07) is 2.59. The second-order valence-electron chi connectivity index (χ2n) is 4.85. The fourth-order valence-corrected chi connectivity index (χ4v) is 2.66. The molecule has 4 nitrogen and oxygen atoms in total. The van der Waals surface area contributed by atoms with E-state index in [-0.39, 0.29) is 0 Å². The van der Waals surface area contributed by atoms with Crippen LogP contribution in [0.25, 0.3) is 0 Å². The summed E-state index contributed by atoms with van der Waals surface area (Å²) in [5.41, 5.74) is 1.36. The second-order valence-corrected chi connectivity index (χ2v) is 4.85. The fourth-order valence-electron chi connectivity index (χ4n) is 2.66. The van der Waals surface area contributed by atoms with E-state index in [1.54, 1.807) is 0 Å². The highest BCUT2D eigenvalue weighted by atomic mass is 16.3. The Hall–Kier alpha value is -1.55. The molecule has 0 amide bonds. The third-order valence-corrected chi connectivity index (χ3v) is 3.59. The van der Waals surface area contributed by atoms with Gasteiger partial charge in [0.1, 0.15) is 5.76 Å². The molecule has 1 aliphatic carbocycles. The van der Waals surface area contributed by atoms with Gasteiger partial charge in [0.05, 0.1) is 12.6 Å². The molecule has 0 saturated heterocycles. The number of nitrogens with zero attached hydrogens (tertiary/aromatic N) is 2. The van der Waals surface area contributed by atoms with E-state index in [9.17, 15) is 0 Å². The molecule has 0 aromatic carbocycles.